The molecular weight excluding hydrogens is 1480 g/mol. The topological polar surface area (TPSA) is 173 Å². The number of benzene rings is 9. The highest BCUT2D eigenvalue weighted by atomic mass is 35.5. The van der Waals surface area contributed by atoms with E-state index in [0.717, 1.165) is 33.4 Å². The minimum absolute atomic E-state index is 0.0972. The van der Waals surface area contributed by atoms with Crippen molar-refractivity contribution in [2.24, 2.45) is 35.5 Å². The summed E-state index contributed by atoms with van der Waals surface area (Å²) < 4.78 is 0. The molecule has 18 heteroatoms. The van der Waals surface area contributed by atoms with E-state index in [0.29, 0.717) is 114 Å². The third-order valence-corrected chi connectivity index (χ3v) is 26.8. The zero-order valence-electron chi connectivity index (χ0n) is 61.6. The summed E-state index contributed by atoms with van der Waals surface area (Å²) in [4.78, 5) is 90.3. The fraction of sp³-hybridized carbons (Fsp3) is 0.333. The molecule has 12 aliphatic rings. The van der Waals surface area contributed by atoms with Crippen molar-refractivity contribution in [3.63, 3.8) is 0 Å². The number of nitrogens with zero attached hydrogens (tertiary/aromatic N) is 3. The van der Waals surface area contributed by atoms with Gasteiger partial charge in [0.2, 0.25) is 35.4 Å². The van der Waals surface area contributed by atoms with Crippen LogP contribution < -0.4 is 14.7 Å². The van der Waals surface area contributed by atoms with Crippen LogP contribution in [0.25, 0.3) is 0 Å². The number of rotatable bonds is 9. The van der Waals surface area contributed by atoms with Gasteiger partial charge in [0.15, 0.2) is 0 Å². The van der Waals surface area contributed by atoms with E-state index in [1.165, 1.54) is 14.7 Å². The van der Waals surface area contributed by atoms with E-state index >= 15 is 0 Å². The largest absolute Gasteiger partial charge is 0.379 e. The van der Waals surface area contributed by atoms with Gasteiger partial charge in [0.05, 0.1) is 52.6 Å². The number of para-hydroxylation sites is 3. The molecule has 12 nitrogen and oxygen atoms in total. The van der Waals surface area contributed by atoms with E-state index in [4.69, 9.17) is 69.6 Å². The lowest BCUT2D eigenvalue weighted by atomic mass is 9.52. The predicted molar refractivity (Wildman–Crippen MR) is 426 cm³/mol. The van der Waals surface area contributed by atoms with Crippen molar-refractivity contribution >= 4 is 122 Å². The fourth-order valence-electron chi connectivity index (χ4n) is 20.4. The van der Waals surface area contributed by atoms with Crippen molar-refractivity contribution in [3.05, 3.63) is 294 Å². The maximum absolute atomic E-state index is 14.4. The summed E-state index contributed by atoms with van der Waals surface area (Å²) in [5.41, 5.74) is 10.1. The molecule has 0 radical (unpaired) electrons. The number of carbonyl (C=O) groups excluding carboxylic acids is 6. The smallest absolute Gasteiger partial charge is 0.241 e. The van der Waals surface area contributed by atoms with Crippen LogP contribution in [0.2, 0.25) is 30.1 Å². The maximum Gasteiger partial charge on any atom is 0.241 e. The SMILES string of the molecule is CC(C)c1cccc(C(C)C)c1N1C(=O)[C@@H]2C3c4c(Cl)cccc4C(O)(c4cccc(Cl)c43)[C@@H]2C1=O.CC(C)c1cccc(C(C)C)c1N1C(=O)[C@@H]2C3c4c(Cl)cccc4C(O)(c4cccc(Cl)c43)[C@@H]2C1=O.CC(C)c1cccc(C(C)C)c1N1C(=O)[C@@H]2C3c4c(Cl)cccc4C(O)(c4cccc(Cl)c43)[C@@H]2C1=O. The van der Waals surface area contributed by atoms with Crippen molar-refractivity contribution in [1.82, 2.24) is 0 Å². The molecule has 21 rings (SSSR count). The van der Waals surface area contributed by atoms with Crippen molar-refractivity contribution < 1.29 is 44.1 Å². The highest BCUT2D eigenvalue weighted by Crippen LogP contribution is 2.70. The number of anilines is 3. The molecule has 552 valence electrons. The van der Waals surface area contributed by atoms with Crippen molar-refractivity contribution in [1.29, 1.82) is 0 Å². The van der Waals surface area contributed by atoms with Crippen LogP contribution in [0, 0.1) is 35.5 Å². The first-order valence-electron chi connectivity index (χ1n) is 37.2. The van der Waals surface area contributed by atoms with Gasteiger partial charge in [-0.15, -0.1) is 0 Å². The molecule has 9 aliphatic carbocycles. The lowest BCUT2D eigenvalue weighted by molar-refractivity contribution is -0.133. The molecule has 108 heavy (non-hydrogen) atoms. The van der Waals surface area contributed by atoms with Crippen LogP contribution in [-0.2, 0) is 45.6 Å². The molecular formula is C90H81Cl6N3O9. The van der Waals surface area contributed by atoms with Gasteiger partial charge < -0.3 is 15.3 Å². The van der Waals surface area contributed by atoms with Crippen molar-refractivity contribution in [3.8, 4) is 0 Å². The molecule has 0 spiro atoms. The Kier molecular flexibility index (Phi) is 18.1. The van der Waals surface area contributed by atoms with E-state index in [-0.39, 0.29) is 71.0 Å². The molecule has 6 amide bonds. The van der Waals surface area contributed by atoms with E-state index in [1.807, 2.05) is 91.0 Å². The minimum atomic E-state index is -1.72. The van der Waals surface area contributed by atoms with Crippen molar-refractivity contribution in [2.75, 3.05) is 14.7 Å². The number of hydrogen-bond donors (Lipinski definition) is 3. The monoisotopic (exact) mass is 1560 g/mol. The molecule has 9 aromatic rings. The summed E-state index contributed by atoms with van der Waals surface area (Å²) in [7, 11) is 0. The number of imide groups is 3. The first-order valence-corrected chi connectivity index (χ1v) is 39.5. The summed E-state index contributed by atoms with van der Waals surface area (Å²) >= 11 is 40.3. The number of amides is 6. The van der Waals surface area contributed by atoms with Gasteiger partial charge in [0.1, 0.15) is 16.8 Å². The van der Waals surface area contributed by atoms with Crippen LogP contribution in [0.3, 0.4) is 0 Å². The second kappa shape index (κ2) is 26.3. The predicted octanol–water partition coefficient (Wildman–Crippen LogP) is 20.2. The Morgan fingerprint density at radius 3 is 0.574 bits per heavy atom. The Hall–Kier alpha value is -7.98. The molecule has 9 aromatic carbocycles. The van der Waals surface area contributed by atoms with E-state index in [2.05, 4.69) is 83.1 Å². The lowest BCUT2D eigenvalue weighted by Crippen LogP contribution is -2.53. The molecule has 3 aliphatic heterocycles. The van der Waals surface area contributed by atoms with Crippen LogP contribution in [0.1, 0.15) is 236 Å². The zero-order valence-corrected chi connectivity index (χ0v) is 66.2. The van der Waals surface area contributed by atoms with Gasteiger partial charge in [0, 0.05) is 47.9 Å². The average molecular weight is 1560 g/mol. The Bertz CT molecular complexity index is 4670. The van der Waals surface area contributed by atoms with Crippen LogP contribution in [0.5, 0.6) is 0 Å². The summed E-state index contributed by atoms with van der Waals surface area (Å²) in [6.45, 7) is 24.7. The molecule has 6 atom stereocenters. The standard InChI is InChI=1S/3C30H27Cl2NO3/c3*1-14(2)16-8-5-9-17(15(3)4)27(16)33-28(34)25-24-22-18(10-6-12-20(22)31)30(36,26(25)29(33)35)19-11-7-13-21(32)23(19)24/h3*5-15,24-26,36H,1-4H3/t3*24?,25-,26+,30?/m111/s1. The van der Waals surface area contributed by atoms with Crippen LogP contribution in [0.15, 0.2) is 164 Å². The molecule has 3 saturated heterocycles. The quantitative estimate of drug-likeness (QED) is 0.119. The Balaban J connectivity index is 0.000000124. The van der Waals surface area contributed by atoms with Gasteiger partial charge >= 0.3 is 0 Å². The third-order valence-electron chi connectivity index (χ3n) is 24.8. The number of halogens is 6. The minimum Gasteiger partial charge on any atom is -0.379 e. The van der Waals surface area contributed by atoms with Gasteiger partial charge in [-0.2, -0.15) is 0 Å². The zero-order chi connectivity index (χ0) is 77.0. The normalized spacial score (nSPS) is 26.0. The van der Waals surface area contributed by atoms with Crippen molar-refractivity contribution in [2.45, 2.75) is 153 Å². The van der Waals surface area contributed by atoms with Crippen LogP contribution in [0.4, 0.5) is 17.1 Å². The number of aliphatic hydroxyl groups is 3. The fourth-order valence-corrected chi connectivity index (χ4v) is 22.2. The molecule has 3 heterocycles. The number of hydrogen-bond acceptors (Lipinski definition) is 9. The highest BCUT2D eigenvalue weighted by molar-refractivity contribution is 6.36. The Morgan fingerprint density at radius 2 is 0.417 bits per heavy atom. The summed E-state index contributed by atoms with van der Waals surface area (Å²) in [6, 6.07) is 50.0. The molecule has 3 N–H and O–H groups in total. The summed E-state index contributed by atoms with van der Waals surface area (Å²) in [5.74, 6) is -8.32. The molecule has 0 saturated carbocycles. The third kappa shape index (κ3) is 9.98. The molecule has 0 unspecified atom stereocenters. The van der Waals surface area contributed by atoms with Gasteiger partial charge in [-0.1, -0.05) is 280 Å². The van der Waals surface area contributed by atoms with E-state index < -0.39 is 70.1 Å². The average Bonchev–Trinajstić information content (AvgIpc) is 1.38. The van der Waals surface area contributed by atoms with Crippen LogP contribution >= 0.6 is 69.6 Å². The van der Waals surface area contributed by atoms with Crippen LogP contribution in [-0.4, -0.2) is 50.8 Å². The molecule has 6 bridgehead atoms. The summed E-state index contributed by atoms with van der Waals surface area (Å²) in [5, 5.41) is 40.4. The Morgan fingerprint density at radius 1 is 0.259 bits per heavy atom. The number of carbonyl (C=O) groups is 6. The summed E-state index contributed by atoms with van der Waals surface area (Å²) in [6.07, 6.45) is 0. The molecule has 3 fully saturated rings. The van der Waals surface area contributed by atoms with Gasteiger partial charge in [-0.05, 0) is 172 Å². The maximum atomic E-state index is 14.4. The second-order valence-electron chi connectivity index (χ2n) is 32.3. The highest BCUT2D eigenvalue weighted by Gasteiger charge is 2.73. The van der Waals surface area contributed by atoms with Gasteiger partial charge in [-0.25, -0.2) is 14.7 Å². The van der Waals surface area contributed by atoms with E-state index in [9.17, 15) is 44.1 Å². The Labute approximate surface area is 658 Å². The first kappa shape index (κ1) is 74.1. The first-order chi connectivity index (χ1) is 51.3. The van der Waals surface area contributed by atoms with Gasteiger partial charge in [0.25, 0.3) is 0 Å². The molecule has 0 aromatic heterocycles. The second-order valence-corrected chi connectivity index (χ2v) is 34.7. The van der Waals surface area contributed by atoms with E-state index in [1.54, 1.807) is 72.8 Å². The lowest BCUT2D eigenvalue weighted by Gasteiger charge is -2.51. The van der Waals surface area contributed by atoms with Gasteiger partial charge in [-0.3, -0.25) is 28.8 Å².